The number of carboxylic acids is 3. The molecule has 2 rings (SSSR count). The van der Waals surface area contributed by atoms with E-state index in [2.05, 4.69) is 16.0 Å². The molecule has 0 spiro atoms. The van der Waals surface area contributed by atoms with Crippen LogP contribution in [-0.2, 0) is 38.4 Å². The fraction of sp³-hybridized carbons (Fsp3) is 0.733. The van der Waals surface area contributed by atoms with E-state index in [4.69, 9.17) is 0 Å². The molecule has 2 atom stereocenters. The molecule has 52 heavy (non-hydrogen) atoms. The van der Waals surface area contributed by atoms with Crippen molar-refractivity contribution in [2.24, 2.45) is 0 Å². The van der Waals surface area contributed by atoms with E-state index in [9.17, 15) is 63.7 Å². The lowest BCUT2D eigenvalue weighted by Gasteiger charge is -2.32. The molecule has 0 unspecified atom stereocenters. The average molecular weight is 743 g/mol. The normalized spacial score (nSPS) is 19.1. The van der Waals surface area contributed by atoms with Crippen molar-refractivity contribution in [2.75, 3.05) is 98.2 Å². The lowest BCUT2D eigenvalue weighted by Crippen LogP contribution is -2.52. The summed E-state index contributed by atoms with van der Waals surface area (Å²) in [4.78, 5) is 104. The minimum atomic E-state index is -1.69. The summed E-state index contributed by atoms with van der Waals surface area (Å²) in [6, 6.07) is -0.948. The van der Waals surface area contributed by atoms with Gasteiger partial charge in [-0.3, -0.25) is 58.0 Å². The van der Waals surface area contributed by atoms with Crippen LogP contribution in [0.5, 0.6) is 0 Å². The van der Waals surface area contributed by atoms with Crippen molar-refractivity contribution in [3.8, 4) is 0 Å². The van der Waals surface area contributed by atoms with E-state index in [0.29, 0.717) is 19.4 Å². The fourth-order valence-electron chi connectivity index (χ4n) is 5.82. The number of ketones is 1. The maximum Gasteiger partial charge on any atom is 0.475 e. The van der Waals surface area contributed by atoms with Gasteiger partial charge in [-0.05, 0) is 19.8 Å². The summed E-state index contributed by atoms with van der Waals surface area (Å²) in [6.07, 6.45) is 0.542. The Hall–Kier alpha value is -4.22. The van der Waals surface area contributed by atoms with Crippen molar-refractivity contribution in [1.29, 1.82) is 0 Å². The predicted octanol–water partition coefficient (Wildman–Crippen LogP) is -5.45. The highest BCUT2D eigenvalue weighted by Gasteiger charge is 2.38. The number of amides is 4. The first-order valence-corrected chi connectivity index (χ1v) is 17.1. The van der Waals surface area contributed by atoms with E-state index in [-0.39, 0.29) is 91.4 Å². The molecule has 8 N–H and O–H groups in total. The highest BCUT2D eigenvalue weighted by Crippen LogP contribution is 2.19. The van der Waals surface area contributed by atoms with Crippen LogP contribution >= 0.6 is 0 Å². The molecule has 4 amide bonds. The summed E-state index contributed by atoms with van der Waals surface area (Å²) >= 11 is 0. The Morgan fingerprint density at radius 2 is 1.06 bits per heavy atom. The number of carboxylic acid groups (broad SMARTS) is 3. The molecule has 0 aromatic carbocycles. The Bertz CT molecular complexity index is 1240. The van der Waals surface area contributed by atoms with Gasteiger partial charge in [0.2, 0.25) is 23.6 Å². The second-order valence-electron chi connectivity index (χ2n) is 12.8. The van der Waals surface area contributed by atoms with Gasteiger partial charge in [0.05, 0.1) is 45.2 Å². The Balaban J connectivity index is 1.82. The largest absolute Gasteiger partial charge is 0.480 e. The molecule has 2 fully saturated rings. The molecule has 0 bridgehead atoms. The summed E-state index contributed by atoms with van der Waals surface area (Å²) in [7, 11) is -1.69. The van der Waals surface area contributed by atoms with Gasteiger partial charge in [-0.25, -0.2) is 0 Å². The first-order chi connectivity index (χ1) is 24.5. The Morgan fingerprint density at radius 3 is 1.50 bits per heavy atom. The number of hydrogen-bond acceptors (Lipinski definition) is 14. The monoisotopic (exact) mass is 742 g/mol. The van der Waals surface area contributed by atoms with Crippen molar-refractivity contribution in [3.63, 3.8) is 0 Å². The van der Waals surface area contributed by atoms with Crippen LogP contribution in [0, 0.1) is 0 Å². The van der Waals surface area contributed by atoms with Gasteiger partial charge >= 0.3 is 25.0 Å². The minimum absolute atomic E-state index is 0.200. The summed E-state index contributed by atoms with van der Waals surface area (Å²) < 4.78 is 0. The Labute approximate surface area is 301 Å². The van der Waals surface area contributed by atoms with Gasteiger partial charge in [0.15, 0.2) is 5.78 Å². The number of Topliss-reactive ketones (excluding diaryl/α,β-unsaturated/α-hetero) is 1. The number of rotatable bonds is 18. The zero-order valence-corrected chi connectivity index (χ0v) is 29.4. The second kappa shape index (κ2) is 22.7. The Morgan fingerprint density at radius 1 is 0.615 bits per heavy atom. The molecule has 21 nitrogen and oxygen atoms in total. The van der Waals surface area contributed by atoms with Crippen molar-refractivity contribution in [3.05, 3.63) is 0 Å². The van der Waals surface area contributed by atoms with Crippen LogP contribution < -0.4 is 16.0 Å². The minimum Gasteiger partial charge on any atom is -0.480 e. The topological polar surface area (TPSA) is 290 Å². The molecule has 0 aromatic heterocycles. The zero-order chi connectivity index (χ0) is 38.8. The van der Waals surface area contributed by atoms with E-state index < -0.39 is 79.5 Å². The lowest BCUT2D eigenvalue weighted by atomic mass is 9.78. The molecule has 292 valence electrons. The van der Waals surface area contributed by atoms with Crippen molar-refractivity contribution < 1.29 is 63.7 Å². The van der Waals surface area contributed by atoms with Crippen LogP contribution in [0.25, 0.3) is 0 Å². The van der Waals surface area contributed by atoms with E-state index in [1.165, 1.54) is 11.8 Å². The molecule has 2 aliphatic heterocycles. The van der Waals surface area contributed by atoms with Crippen molar-refractivity contribution in [2.45, 2.75) is 44.6 Å². The number of nitrogens with zero attached hydrogens (tertiary/aromatic N) is 5. The number of aliphatic carboxylic acids is 3. The van der Waals surface area contributed by atoms with Crippen molar-refractivity contribution in [1.82, 2.24) is 40.4 Å². The second-order valence-corrected chi connectivity index (χ2v) is 12.8. The summed E-state index contributed by atoms with van der Waals surface area (Å²) in [5, 5.41) is 54.2. The van der Waals surface area contributed by atoms with Crippen LogP contribution in [0.15, 0.2) is 0 Å². The fourth-order valence-corrected chi connectivity index (χ4v) is 5.82. The third kappa shape index (κ3) is 17.3. The van der Waals surface area contributed by atoms with E-state index in [0.717, 1.165) is 0 Å². The van der Waals surface area contributed by atoms with Crippen LogP contribution in [-0.4, -0.2) is 214 Å². The van der Waals surface area contributed by atoms with E-state index in [1.54, 1.807) is 19.6 Å². The number of hydrogen-bond donors (Lipinski definition) is 8. The van der Waals surface area contributed by atoms with Crippen LogP contribution in [0.1, 0.15) is 32.6 Å². The first-order valence-electron chi connectivity index (χ1n) is 17.1. The zero-order valence-electron chi connectivity index (χ0n) is 29.4. The van der Waals surface area contributed by atoms with E-state index >= 15 is 0 Å². The van der Waals surface area contributed by atoms with Gasteiger partial charge in [0.25, 0.3) is 0 Å². The molecular formula is C30H51BN8O13. The molecule has 22 heteroatoms. The maximum absolute atomic E-state index is 12.8. The summed E-state index contributed by atoms with van der Waals surface area (Å²) in [5.74, 6) is -6.73. The number of likely N-dealkylation sites (tertiary alicyclic amines) is 1. The number of carbonyl (C=O) groups excluding carboxylic acids is 5. The van der Waals surface area contributed by atoms with Crippen LogP contribution in [0.3, 0.4) is 0 Å². The molecular weight excluding hydrogens is 691 g/mol. The summed E-state index contributed by atoms with van der Waals surface area (Å²) in [5.41, 5.74) is 0. The van der Waals surface area contributed by atoms with Crippen LogP contribution in [0.2, 0.25) is 0 Å². The molecule has 2 heterocycles. The number of nitrogens with one attached hydrogen (secondary N) is 3. The van der Waals surface area contributed by atoms with Gasteiger partial charge in [-0.1, -0.05) is 0 Å². The molecule has 0 saturated carbocycles. The molecule has 2 saturated heterocycles. The van der Waals surface area contributed by atoms with Crippen LogP contribution in [0.4, 0.5) is 0 Å². The summed E-state index contributed by atoms with van der Waals surface area (Å²) in [6.45, 7) is 1.53. The average Bonchev–Trinajstić information content (AvgIpc) is 3.56. The quantitative estimate of drug-likeness (QED) is 0.0608. The Kier molecular flexibility index (Phi) is 19.2. The third-order valence-electron chi connectivity index (χ3n) is 8.61. The van der Waals surface area contributed by atoms with Crippen molar-refractivity contribution >= 4 is 54.4 Å². The molecule has 0 radical (unpaired) electrons. The molecule has 0 aromatic rings. The van der Waals surface area contributed by atoms with Gasteiger partial charge in [-0.2, -0.15) is 0 Å². The smallest absolute Gasteiger partial charge is 0.475 e. The maximum atomic E-state index is 12.8. The SMILES string of the molecule is C[C@@H](NC(=O)CCC(=O)CNC(=O)CNC(=O)CN1CCN(CC(=O)O)CCN(CC(=O)O)CCN(CC(=O)O)CC1)C(=O)N1CCC[C@H]1B(O)O. The first kappa shape index (κ1) is 43.9. The van der Waals surface area contributed by atoms with Gasteiger partial charge in [0.1, 0.15) is 6.04 Å². The van der Waals surface area contributed by atoms with Gasteiger partial charge in [0, 0.05) is 71.7 Å². The standard InChI is InChI=1S/C30H51BN8O13/c1-21(30(50)39-6-2-3-23(39)31(51)52)34-24(41)5-4-22(40)15-32-25(42)16-33-26(43)17-35-7-9-36(18-27(44)45)11-13-38(20-29(48)49)14-12-37(10-8-35)19-28(46)47/h21,23,51-52H,2-20H2,1H3,(H,32,42)(H,33,43)(H,34,41)(H,44,45)(H,46,47)(H,48,49)/t21-,23+/m1/s1. The van der Waals surface area contributed by atoms with Gasteiger partial charge in [-0.15, -0.1) is 0 Å². The third-order valence-corrected chi connectivity index (χ3v) is 8.61. The molecule has 2 aliphatic rings. The highest BCUT2D eigenvalue weighted by molar-refractivity contribution is 6.43. The predicted molar refractivity (Wildman–Crippen MR) is 181 cm³/mol. The van der Waals surface area contributed by atoms with E-state index in [1.807, 2.05) is 0 Å². The highest BCUT2D eigenvalue weighted by atomic mass is 16.4. The lowest BCUT2D eigenvalue weighted by molar-refractivity contribution is -0.140. The molecule has 0 aliphatic carbocycles. The number of carbonyl (C=O) groups is 8. The van der Waals surface area contributed by atoms with Gasteiger partial charge < -0.3 is 46.2 Å².